The van der Waals surface area contributed by atoms with Crippen LogP contribution < -0.4 is 4.74 Å². The zero-order chi connectivity index (χ0) is 26.7. The molecule has 6 rings (SSSR count). The number of ether oxygens (including phenoxy) is 1. The summed E-state index contributed by atoms with van der Waals surface area (Å²) in [6, 6.07) is 29.7. The van der Waals surface area contributed by atoms with Gasteiger partial charge >= 0.3 is 0 Å². The molecule has 0 bridgehead atoms. The van der Waals surface area contributed by atoms with Crippen molar-refractivity contribution in [3.63, 3.8) is 0 Å². The first-order valence-corrected chi connectivity index (χ1v) is 14.2. The van der Waals surface area contributed by atoms with Crippen LogP contribution in [0.3, 0.4) is 0 Å². The van der Waals surface area contributed by atoms with E-state index in [0.29, 0.717) is 5.88 Å². The molecule has 1 aliphatic carbocycles. The molecule has 2 heterocycles. The first-order valence-electron chi connectivity index (χ1n) is 14.2. The van der Waals surface area contributed by atoms with Gasteiger partial charge in [-0.1, -0.05) is 88.1 Å². The molecule has 5 heteroatoms. The standard InChI is InChI=1S/C35H35N3O.Pd/c1-3-5-19-35(20-6-4-2)32-15-8-7-14-30(32)31-18-17-26(22-33(31)35)27-24-37-38(25-27)28-12-11-13-29(23-28)39-34-16-9-10-21-36-34;/h7-18,21-25H,3-6,19-20H2,1-2H3;. The van der Waals surface area contributed by atoms with Gasteiger partial charge in [0.15, 0.2) is 0 Å². The fourth-order valence-electron chi connectivity index (χ4n) is 6.09. The third-order valence-electron chi connectivity index (χ3n) is 8.04. The van der Waals surface area contributed by atoms with Crippen LogP contribution in [0.2, 0.25) is 0 Å². The Bertz CT molecular complexity index is 1570. The van der Waals surface area contributed by atoms with Crippen LogP contribution in [0.15, 0.2) is 104 Å². The van der Waals surface area contributed by atoms with E-state index in [9.17, 15) is 0 Å². The summed E-state index contributed by atoms with van der Waals surface area (Å²) >= 11 is 0. The summed E-state index contributed by atoms with van der Waals surface area (Å²) in [4.78, 5) is 4.27. The van der Waals surface area contributed by atoms with Crippen LogP contribution >= 0.6 is 0 Å². The Morgan fingerprint density at radius 2 is 1.52 bits per heavy atom. The Morgan fingerprint density at radius 3 is 2.30 bits per heavy atom. The molecule has 206 valence electrons. The van der Waals surface area contributed by atoms with E-state index in [1.165, 1.54) is 66.3 Å². The van der Waals surface area contributed by atoms with Crippen molar-refractivity contribution in [2.24, 2.45) is 0 Å². The Morgan fingerprint density at radius 1 is 0.750 bits per heavy atom. The van der Waals surface area contributed by atoms with Gasteiger partial charge in [0.1, 0.15) is 5.75 Å². The molecule has 0 amide bonds. The number of hydrogen-bond donors (Lipinski definition) is 0. The van der Waals surface area contributed by atoms with Crippen LogP contribution in [0.4, 0.5) is 0 Å². The fourth-order valence-corrected chi connectivity index (χ4v) is 6.09. The van der Waals surface area contributed by atoms with Gasteiger partial charge < -0.3 is 4.74 Å². The predicted octanol–water partition coefficient (Wildman–Crippen LogP) is 9.37. The molecule has 0 unspecified atom stereocenters. The molecule has 0 radical (unpaired) electrons. The zero-order valence-electron chi connectivity index (χ0n) is 23.1. The minimum Gasteiger partial charge on any atom is -0.439 e. The third-order valence-corrected chi connectivity index (χ3v) is 8.04. The van der Waals surface area contributed by atoms with Gasteiger partial charge in [0.25, 0.3) is 0 Å². The number of nitrogens with zero attached hydrogens (tertiary/aromatic N) is 3. The second-order valence-corrected chi connectivity index (χ2v) is 10.5. The van der Waals surface area contributed by atoms with Crippen LogP contribution in [0, 0.1) is 0 Å². The van der Waals surface area contributed by atoms with E-state index < -0.39 is 0 Å². The minimum atomic E-state index is 0. The Balaban J connectivity index is 0.00000323. The molecule has 0 aliphatic heterocycles. The van der Waals surface area contributed by atoms with Crippen molar-refractivity contribution < 1.29 is 25.2 Å². The van der Waals surface area contributed by atoms with Crippen molar-refractivity contribution in [3.05, 3.63) is 115 Å². The number of rotatable bonds is 10. The number of benzene rings is 3. The van der Waals surface area contributed by atoms with Crippen LogP contribution in [-0.2, 0) is 25.8 Å². The van der Waals surface area contributed by atoms with E-state index in [1.807, 2.05) is 53.3 Å². The van der Waals surface area contributed by atoms with Gasteiger partial charge in [-0.25, -0.2) is 9.67 Å². The summed E-state index contributed by atoms with van der Waals surface area (Å²) in [6.45, 7) is 4.60. The van der Waals surface area contributed by atoms with Gasteiger partial charge in [-0.05, 0) is 64.9 Å². The van der Waals surface area contributed by atoms with Gasteiger partial charge in [-0.2, -0.15) is 5.10 Å². The van der Waals surface area contributed by atoms with Gasteiger partial charge in [-0.15, -0.1) is 0 Å². The molecule has 0 spiro atoms. The molecule has 0 fully saturated rings. The van der Waals surface area contributed by atoms with Crippen molar-refractivity contribution >= 4 is 0 Å². The maximum Gasteiger partial charge on any atom is 0.219 e. The molecule has 3 aromatic carbocycles. The second kappa shape index (κ2) is 12.3. The third kappa shape index (κ3) is 5.29. The molecule has 0 saturated carbocycles. The number of hydrogen-bond acceptors (Lipinski definition) is 3. The van der Waals surface area contributed by atoms with Crippen molar-refractivity contribution in [2.75, 3.05) is 0 Å². The Hall–Kier alpha value is -3.52. The molecular formula is C35H35N3OPd. The summed E-state index contributed by atoms with van der Waals surface area (Å²) in [5, 5.41) is 4.73. The summed E-state index contributed by atoms with van der Waals surface area (Å²) in [5.74, 6) is 1.31. The van der Waals surface area contributed by atoms with E-state index in [0.717, 1.165) is 17.0 Å². The van der Waals surface area contributed by atoms with Crippen molar-refractivity contribution in [3.8, 4) is 39.6 Å². The first-order chi connectivity index (χ1) is 19.2. The van der Waals surface area contributed by atoms with Gasteiger partial charge in [-0.3, -0.25) is 0 Å². The summed E-state index contributed by atoms with van der Waals surface area (Å²) in [5.41, 5.74) is 9.17. The van der Waals surface area contributed by atoms with Crippen LogP contribution in [0.1, 0.15) is 63.5 Å². The first kappa shape index (κ1) is 28.0. The van der Waals surface area contributed by atoms with E-state index in [2.05, 4.69) is 67.5 Å². The average molecular weight is 620 g/mol. The van der Waals surface area contributed by atoms with E-state index >= 15 is 0 Å². The molecule has 40 heavy (non-hydrogen) atoms. The molecule has 0 saturated heterocycles. The number of aromatic nitrogens is 3. The second-order valence-electron chi connectivity index (χ2n) is 10.5. The van der Waals surface area contributed by atoms with Crippen molar-refractivity contribution in [1.82, 2.24) is 14.8 Å². The molecule has 0 atom stereocenters. The van der Waals surface area contributed by atoms with Crippen LogP contribution in [-0.4, -0.2) is 14.8 Å². The summed E-state index contributed by atoms with van der Waals surface area (Å²) in [6.07, 6.45) is 13.1. The monoisotopic (exact) mass is 619 g/mol. The van der Waals surface area contributed by atoms with Gasteiger partial charge in [0.2, 0.25) is 5.88 Å². The molecule has 2 aromatic heterocycles. The molecule has 4 nitrogen and oxygen atoms in total. The number of unbranched alkanes of at least 4 members (excludes halogenated alkanes) is 2. The summed E-state index contributed by atoms with van der Waals surface area (Å²) in [7, 11) is 0. The largest absolute Gasteiger partial charge is 0.439 e. The van der Waals surface area contributed by atoms with Crippen molar-refractivity contribution in [2.45, 2.75) is 57.8 Å². The van der Waals surface area contributed by atoms with Gasteiger partial charge in [0, 0.05) is 55.9 Å². The maximum atomic E-state index is 5.95. The van der Waals surface area contributed by atoms with Crippen molar-refractivity contribution in [1.29, 1.82) is 0 Å². The van der Waals surface area contributed by atoms with E-state index in [1.54, 1.807) is 6.20 Å². The Labute approximate surface area is 251 Å². The van der Waals surface area contributed by atoms with Gasteiger partial charge in [0.05, 0.1) is 11.9 Å². The van der Waals surface area contributed by atoms with E-state index in [4.69, 9.17) is 9.84 Å². The maximum absolute atomic E-state index is 5.95. The fraction of sp³-hybridized carbons (Fsp3) is 0.257. The number of pyridine rings is 1. The topological polar surface area (TPSA) is 39.9 Å². The van der Waals surface area contributed by atoms with Crippen LogP contribution in [0.25, 0.3) is 27.9 Å². The average Bonchev–Trinajstić information content (AvgIpc) is 3.58. The smallest absolute Gasteiger partial charge is 0.219 e. The molecule has 1 aliphatic rings. The normalized spacial score (nSPS) is 12.8. The molecule has 5 aromatic rings. The van der Waals surface area contributed by atoms with E-state index in [-0.39, 0.29) is 25.8 Å². The SMILES string of the molecule is CCCCC1(CCCC)c2ccccc2-c2ccc(-c3cnn(-c4cccc(Oc5ccccn5)c4)c3)cc21.[Pd]. The minimum absolute atomic E-state index is 0. The summed E-state index contributed by atoms with van der Waals surface area (Å²) < 4.78 is 7.87. The molecular weight excluding hydrogens is 585 g/mol. The number of fused-ring (bicyclic) bond motifs is 3. The Kier molecular flexibility index (Phi) is 8.64. The quantitative estimate of drug-likeness (QED) is 0.146. The van der Waals surface area contributed by atoms with Crippen LogP contribution in [0.5, 0.6) is 11.6 Å². The zero-order valence-corrected chi connectivity index (χ0v) is 24.7. The molecule has 0 N–H and O–H groups in total. The predicted molar refractivity (Wildman–Crippen MR) is 159 cm³/mol.